The fourth-order valence-electron chi connectivity index (χ4n) is 2.97. The Kier molecular flexibility index (Phi) is 4.60. The van der Waals surface area contributed by atoms with Gasteiger partial charge in [-0.05, 0) is 44.2 Å². The van der Waals surface area contributed by atoms with E-state index in [4.69, 9.17) is 4.52 Å². The van der Waals surface area contributed by atoms with E-state index in [-0.39, 0.29) is 5.91 Å². The monoisotopic (exact) mass is 314 g/mol. The van der Waals surface area contributed by atoms with Crippen LogP contribution in [0.25, 0.3) is 0 Å². The zero-order valence-corrected chi connectivity index (χ0v) is 13.6. The van der Waals surface area contributed by atoms with Crippen LogP contribution in [0.1, 0.15) is 31.2 Å². The second-order valence-corrected chi connectivity index (χ2v) is 6.12. The van der Waals surface area contributed by atoms with Crippen LogP contribution in [-0.2, 0) is 11.2 Å². The summed E-state index contributed by atoms with van der Waals surface area (Å²) >= 11 is 0. The summed E-state index contributed by atoms with van der Waals surface area (Å²) in [7, 11) is 0. The molecule has 2 aromatic rings. The average Bonchev–Trinajstić information content (AvgIpc) is 2.93. The molecule has 6 heteroatoms. The molecule has 0 aliphatic carbocycles. The summed E-state index contributed by atoms with van der Waals surface area (Å²) in [5.74, 6) is 2.97. The Hall–Kier alpha value is -2.37. The molecule has 0 bridgehead atoms. The van der Waals surface area contributed by atoms with Gasteiger partial charge in [-0.3, -0.25) is 4.79 Å². The van der Waals surface area contributed by atoms with Crippen molar-refractivity contribution in [1.29, 1.82) is 0 Å². The van der Waals surface area contributed by atoms with Crippen LogP contribution in [0.3, 0.4) is 0 Å². The molecule has 0 unspecified atom stereocenters. The average molecular weight is 314 g/mol. The van der Waals surface area contributed by atoms with E-state index in [2.05, 4.69) is 21.5 Å². The minimum Gasteiger partial charge on any atom is -0.360 e. The number of rotatable bonds is 4. The lowest BCUT2D eigenvalue weighted by molar-refractivity contribution is -0.130. The second-order valence-electron chi connectivity index (χ2n) is 6.12. The first-order valence-electron chi connectivity index (χ1n) is 8.02. The number of carbonyl (C=O) groups is 1. The minimum atomic E-state index is 0.177. The van der Waals surface area contributed by atoms with E-state index >= 15 is 0 Å². The van der Waals surface area contributed by atoms with Crippen LogP contribution in [0, 0.1) is 12.8 Å². The lowest BCUT2D eigenvalue weighted by Gasteiger charge is -2.31. The Balaban J connectivity index is 1.59. The molecule has 122 valence electrons. The van der Waals surface area contributed by atoms with Gasteiger partial charge in [-0.2, -0.15) is 0 Å². The van der Waals surface area contributed by atoms with E-state index in [9.17, 15) is 4.79 Å². The molecule has 1 N–H and O–H groups in total. The molecule has 0 saturated carbocycles. The molecular formula is C17H22N4O2. The fourth-order valence-corrected chi connectivity index (χ4v) is 2.97. The number of likely N-dealkylation sites (tertiary alicyclic amines) is 1. The van der Waals surface area contributed by atoms with Crippen molar-refractivity contribution in [3.05, 3.63) is 35.7 Å². The predicted octanol–water partition coefficient (Wildman–Crippen LogP) is 2.92. The number of hydrogen-bond donors (Lipinski definition) is 1. The molecule has 1 saturated heterocycles. The SMILES string of the molecule is CC(=O)N1CCC(Cc2cccc(Nc3cc(C)on3)n2)CC1. The number of piperidine rings is 1. The van der Waals surface area contributed by atoms with Crippen molar-refractivity contribution < 1.29 is 9.32 Å². The third kappa shape index (κ3) is 4.09. The van der Waals surface area contributed by atoms with Gasteiger partial charge in [0.1, 0.15) is 11.6 Å². The number of nitrogens with one attached hydrogen (secondary N) is 1. The van der Waals surface area contributed by atoms with Crippen LogP contribution >= 0.6 is 0 Å². The molecule has 6 nitrogen and oxygen atoms in total. The van der Waals surface area contributed by atoms with Crippen molar-refractivity contribution >= 4 is 17.5 Å². The number of pyridine rings is 1. The van der Waals surface area contributed by atoms with E-state index in [0.29, 0.717) is 11.7 Å². The van der Waals surface area contributed by atoms with Crippen molar-refractivity contribution in [3.63, 3.8) is 0 Å². The van der Waals surface area contributed by atoms with Gasteiger partial charge in [-0.1, -0.05) is 11.2 Å². The molecule has 0 radical (unpaired) electrons. The maximum Gasteiger partial charge on any atom is 0.219 e. The normalized spacial score (nSPS) is 15.7. The third-order valence-electron chi connectivity index (χ3n) is 4.25. The van der Waals surface area contributed by atoms with Crippen molar-refractivity contribution in [3.8, 4) is 0 Å². The lowest BCUT2D eigenvalue weighted by atomic mass is 9.92. The number of nitrogens with zero attached hydrogens (tertiary/aromatic N) is 3. The number of aromatic nitrogens is 2. The van der Waals surface area contributed by atoms with E-state index in [1.165, 1.54) is 0 Å². The molecule has 0 aromatic carbocycles. The van der Waals surface area contributed by atoms with Crippen molar-refractivity contribution in [2.75, 3.05) is 18.4 Å². The lowest BCUT2D eigenvalue weighted by Crippen LogP contribution is -2.37. The largest absolute Gasteiger partial charge is 0.360 e. The van der Waals surface area contributed by atoms with Gasteiger partial charge in [-0.25, -0.2) is 4.98 Å². The zero-order chi connectivity index (χ0) is 16.2. The summed E-state index contributed by atoms with van der Waals surface area (Å²) in [6, 6.07) is 7.82. The Morgan fingerprint density at radius 1 is 1.35 bits per heavy atom. The summed E-state index contributed by atoms with van der Waals surface area (Å²) in [4.78, 5) is 18.0. The maximum absolute atomic E-state index is 11.4. The van der Waals surface area contributed by atoms with Gasteiger partial charge in [0.25, 0.3) is 0 Å². The zero-order valence-electron chi connectivity index (χ0n) is 13.6. The summed E-state index contributed by atoms with van der Waals surface area (Å²) in [6.07, 6.45) is 3.03. The van der Waals surface area contributed by atoms with Gasteiger partial charge in [0.15, 0.2) is 5.82 Å². The Labute approximate surface area is 135 Å². The molecule has 1 aliphatic heterocycles. The number of hydrogen-bond acceptors (Lipinski definition) is 5. The van der Waals surface area contributed by atoms with Crippen LogP contribution in [0.4, 0.5) is 11.6 Å². The summed E-state index contributed by atoms with van der Waals surface area (Å²) in [5.41, 5.74) is 1.07. The first-order valence-corrected chi connectivity index (χ1v) is 8.02. The van der Waals surface area contributed by atoms with Gasteiger partial charge in [0.2, 0.25) is 5.91 Å². The van der Waals surface area contributed by atoms with Crippen LogP contribution in [0.15, 0.2) is 28.8 Å². The van der Waals surface area contributed by atoms with E-state index in [1.54, 1.807) is 6.92 Å². The van der Waals surface area contributed by atoms with Crippen molar-refractivity contribution in [1.82, 2.24) is 15.0 Å². The highest BCUT2D eigenvalue weighted by Crippen LogP contribution is 2.22. The highest BCUT2D eigenvalue weighted by atomic mass is 16.5. The summed E-state index contributed by atoms with van der Waals surface area (Å²) in [6.45, 7) is 5.21. The molecule has 0 spiro atoms. The van der Waals surface area contributed by atoms with E-state index in [0.717, 1.165) is 49.6 Å². The highest BCUT2D eigenvalue weighted by Gasteiger charge is 2.21. The standard InChI is InChI=1S/C17H22N4O2/c1-12-10-17(20-23-12)19-16-5-3-4-15(18-16)11-14-6-8-21(9-7-14)13(2)22/h3-5,10,14H,6-9,11H2,1-2H3,(H,18,19,20). The maximum atomic E-state index is 11.4. The van der Waals surface area contributed by atoms with Crippen molar-refractivity contribution in [2.45, 2.75) is 33.1 Å². The quantitative estimate of drug-likeness (QED) is 0.939. The topological polar surface area (TPSA) is 71.3 Å². The fraction of sp³-hybridized carbons (Fsp3) is 0.471. The molecule has 1 aliphatic rings. The van der Waals surface area contributed by atoms with Gasteiger partial charge >= 0.3 is 0 Å². The van der Waals surface area contributed by atoms with Crippen LogP contribution in [0.2, 0.25) is 0 Å². The molecule has 23 heavy (non-hydrogen) atoms. The van der Waals surface area contributed by atoms with Crippen LogP contribution in [-0.4, -0.2) is 34.0 Å². The van der Waals surface area contributed by atoms with E-state index < -0.39 is 0 Å². The number of aryl methyl sites for hydroxylation is 1. The molecule has 3 rings (SSSR count). The van der Waals surface area contributed by atoms with Crippen molar-refractivity contribution in [2.24, 2.45) is 5.92 Å². The molecule has 2 aromatic heterocycles. The third-order valence-corrected chi connectivity index (χ3v) is 4.25. The highest BCUT2D eigenvalue weighted by molar-refractivity contribution is 5.73. The van der Waals surface area contributed by atoms with Gasteiger partial charge in [0.05, 0.1) is 0 Å². The van der Waals surface area contributed by atoms with E-state index in [1.807, 2.05) is 30.0 Å². The van der Waals surface area contributed by atoms with Crippen LogP contribution in [0.5, 0.6) is 0 Å². The summed E-state index contributed by atoms with van der Waals surface area (Å²) < 4.78 is 5.05. The van der Waals surface area contributed by atoms with Gasteiger partial charge in [0, 0.05) is 31.8 Å². The molecule has 3 heterocycles. The molecule has 0 atom stereocenters. The molecule has 1 amide bonds. The van der Waals surface area contributed by atoms with Gasteiger partial charge < -0.3 is 14.7 Å². The predicted molar refractivity (Wildman–Crippen MR) is 87.4 cm³/mol. The minimum absolute atomic E-state index is 0.177. The Morgan fingerprint density at radius 2 is 2.13 bits per heavy atom. The smallest absolute Gasteiger partial charge is 0.219 e. The Morgan fingerprint density at radius 3 is 2.78 bits per heavy atom. The van der Waals surface area contributed by atoms with Gasteiger partial charge in [-0.15, -0.1) is 0 Å². The molecule has 1 fully saturated rings. The molecular weight excluding hydrogens is 292 g/mol. The van der Waals surface area contributed by atoms with Crippen LogP contribution < -0.4 is 5.32 Å². The first-order chi connectivity index (χ1) is 11.1. The number of anilines is 2. The second kappa shape index (κ2) is 6.81. The number of amides is 1. The number of carbonyl (C=O) groups excluding carboxylic acids is 1. The Bertz CT molecular complexity index is 675. The summed E-state index contributed by atoms with van der Waals surface area (Å²) in [5, 5.41) is 7.07. The first kappa shape index (κ1) is 15.5.